The minimum absolute atomic E-state index is 0.0194. The molecule has 0 saturated heterocycles. The number of hydrogen-bond acceptors (Lipinski definition) is 3. The number of nitrogens with zero attached hydrogens (tertiary/aromatic N) is 1. The summed E-state index contributed by atoms with van der Waals surface area (Å²) in [6, 6.07) is 5.14. The van der Waals surface area contributed by atoms with Crippen LogP contribution >= 0.6 is 11.6 Å². The molecule has 1 aromatic heterocycles. The normalized spacial score (nSPS) is 17.2. The Balaban J connectivity index is 1.77. The summed E-state index contributed by atoms with van der Waals surface area (Å²) in [4.78, 5) is 12.6. The third-order valence-electron chi connectivity index (χ3n) is 5.02. The summed E-state index contributed by atoms with van der Waals surface area (Å²) in [5, 5.41) is 18.7. The molecule has 1 atom stereocenters. The standard InChI is InChI=1S/C19H21ClF3N3O2/c20-14-8-7-12(15-10-16(26-25-15)19(21,22)23)9-13(14)18(28)24-17(27)11-5-3-1-2-4-6-11/h7-11,17,27H,1-6H2,(H,24,28)(H,25,26). The van der Waals surface area contributed by atoms with E-state index in [0.717, 1.165) is 44.6 Å². The highest BCUT2D eigenvalue weighted by Gasteiger charge is 2.33. The smallest absolute Gasteiger partial charge is 0.373 e. The van der Waals surface area contributed by atoms with Crippen LogP contribution in [0.25, 0.3) is 11.3 Å². The van der Waals surface area contributed by atoms with E-state index in [1.807, 2.05) is 5.10 Å². The summed E-state index contributed by atoms with van der Waals surface area (Å²) in [5.74, 6) is -0.593. The molecule has 152 valence electrons. The Kier molecular flexibility index (Phi) is 6.30. The molecule has 1 heterocycles. The Labute approximate surface area is 165 Å². The van der Waals surface area contributed by atoms with Gasteiger partial charge in [-0.3, -0.25) is 9.89 Å². The molecule has 3 N–H and O–H groups in total. The maximum absolute atomic E-state index is 12.8. The van der Waals surface area contributed by atoms with Crippen LogP contribution in [0, 0.1) is 5.92 Å². The number of nitrogens with one attached hydrogen (secondary N) is 2. The van der Waals surface area contributed by atoms with Crippen LogP contribution in [0.15, 0.2) is 24.3 Å². The van der Waals surface area contributed by atoms with Gasteiger partial charge in [-0.2, -0.15) is 18.3 Å². The minimum Gasteiger partial charge on any atom is -0.373 e. The van der Waals surface area contributed by atoms with E-state index in [1.165, 1.54) is 18.2 Å². The molecule has 1 aliphatic carbocycles. The number of halogens is 4. The monoisotopic (exact) mass is 415 g/mol. The van der Waals surface area contributed by atoms with E-state index in [4.69, 9.17) is 11.6 Å². The van der Waals surface area contributed by atoms with Gasteiger partial charge in [-0.15, -0.1) is 0 Å². The number of rotatable bonds is 4. The largest absolute Gasteiger partial charge is 0.432 e. The van der Waals surface area contributed by atoms with Crippen LogP contribution in [0.5, 0.6) is 0 Å². The van der Waals surface area contributed by atoms with Crippen LogP contribution in [0.1, 0.15) is 54.6 Å². The fraction of sp³-hybridized carbons (Fsp3) is 0.474. The molecule has 0 aliphatic heterocycles. The minimum atomic E-state index is -4.54. The Morgan fingerprint density at radius 2 is 1.89 bits per heavy atom. The summed E-state index contributed by atoms with van der Waals surface area (Å²) in [5.41, 5.74) is -0.553. The van der Waals surface area contributed by atoms with Gasteiger partial charge in [-0.05, 0) is 31.0 Å². The van der Waals surface area contributed by atoms with Crippen LogP contribution in [0.2, 0.25) is 5.02 Å². The average Bonchev–Trinajstić information content (AvgIpc) is 2.98. The van der Waals surface area contributed by atoms with Gasteiger partial charge in [0.15, 0.2) is 0 Å². The first-order valence-corrected chi connectivity index (χ1v) is 9.55. The maximum Gasteiger partial charge on any atom is 0.432 e. The molecule has 0 spiro atoms. The predicted octanol–water partition coefficient (Wildman–Crippen LogP) is 4.77. The molecule has 3 rings (SSSR count). The third kappa shape index (κ3) is 4.86. The molecular formula is C19H21ClF3N3O2. The number of benzene rings is 1. The van der Waals surface area contributed by atoms with Gasteiger partial charge in [0.2, 0.25) is 0 Å². The van der Waals surface area contributed by atoms with Gasteiger partial charge in [-0.1, -0.05) is 43.4 Å². The number of carbonyl (C=O) groups is 1. The fourth-order valence-corrected chi connectivity index (χ4v) is 3.63. The van der Waals surface area contributed by atoms with E-state index in [2.05, 4.69) is 10.4 Å². The highest BCUT2D eigenvalue weighted by Crippen LogP contribution is 2.31. The van der Waals surface area contributed by atoms with Gasteiger partial charge in [-0.25, -0.2) is 0 Å². The lowest BCUT2D eigenvalue weighted by Gasteiger charge is -2.22. The van der Waals surface area contributed by atoms with Gasteiger partial charge >= 0.3 is 6.18 Å². The highest BCUT2D eigenvalue weighted by atomic mass is 35.5. The van der Waals surface area contributed by atoms with E-state index in [1.54, 1.807) is 0 Å². The summed E-state index contributed by atoms with van der Waals surface area (Å²) in [6.45, 7) is 0. The maximum atomic E-state index is 12.8. The van der Waals surface area contributed by atoms with Crippen molar-refractivity contribution in [1.82, 2.24) is 15.5 Å². The first-order chi connectivity index (χ1) is 13.3. The Hall–Kier alpha value is -2.06. The van der Waals surface area contributed by atoms with Crippen molar-refractivity contribution in [2.24, 2.45) is 5.92 Å². The second-order valence-corrected chi connectivity index (χ2v) is 7.44. The molecule has 2 aromatic rings. The molecule has 1 unspecified atom stereocenters. The van der Waals surface area contributed by atoms with Crippen molar-refractivity contribution >= 4 is 17.5 Å². The zero-order valence-corrected chi connectivity index (χ0v) is 15.8. The average molecular weight is 416 g/mol. The summed E-state index contributed by atoms with van der Waals surface area (Å²) < 4.78 is 38.3. The van der Waals surface area contributed by atoms with Gasteiger partial charge in [0.25, 0.3) is 5.91 Å². The van der Waals surface area contributed by atoms with Crippen molar-refractivity contribution in [2.75, 3.05) is 0 Å². The lowest BCUT2D eigenvalue weighted by atomic mass is 9.98. The quantitative estimate of drug-likeness (QED) is 0.497. The molecule has 28 heavy (non-hydrogen) atoms. The summed E-state index contributed by atoms with van der Waals surface area (Å²) in [6.07, 6.45) is 0.394. The highest BCUT2D eigenvalue weighted by molar-refractivity contribution is 6.34. The second-order valence-electron chi connectivity index (χ2n) is 7.03. The molecule has 1 saturated carbocycles. The van der Waals surface area contributed by atoms with Gasteiger partial charge in [0, 0.05) is 11.5 Å². The molecule has 5 nitrogen and oxygen atoms in total. The van der Waals surface area contributed by atoms with Crippen molar-refractivity contribution in [1.29, 1.82) is 0 Å². The van der Waals surface area contributed by atoms with E-state index >= 15 is 0 Å². The predicted molar refractivity (Wildman–Crippen MR) is 98.7 cm³/mol. The number of hydrogen-bond donors (Lipinski definition) is 3. The van der Waals surface area contributed by atoms with Crippen LogP contribution in [-0.4, -0.2) is 27.4 Å². The van der Waals surface area contributed by atoms with Crippen LogP contribution in [0.4, 0.5) is 13.2 Å². The number of H-pyrrole nitrogens is 1. The molecule has 1 aromatic carbocycles. The van der Waals surface area contributed by atoms with E-state index in [0.29, 0.717) is 5.56 Å². The summed E-state index contributed by atoms with van der Waals surface area (Å²) >= 11 is 6.10. The summed E-state index contributed by atoms with van der Waals surface area (Å²) in [7, 11) is 0. The first-order valence-electron chi connectivity index (χ1n) is 9.17. The molecule has 1 fully saturated rings. The van der Waals surface area contributed by atoms with Crippen LogP contribution in [-0.2, 0) is 6.18 Å². The Morgan fingerprint density at radius 3 is 2.50 bits per heavy atom. The Morgan fingerprint density at radius 1 is 1.21 bits per heavy atom. The Bertz CT molecular complexity index is 830. The van der Waals surface area contributed by atoms with Crippen molar-refractivity contribution in [3.8, 4) is 11.3 Å². The first kappa shape index (κ1) is 20.7. The van der Waals surface area contributed by atoms with Gasteiger partial charge in [0.1, 0.15) is 11.9 Å². The molecule has 1 amide bonds. The number of aromatic nitrogens is 2. The second kappa shape index (κ2) is 8.53. The molecular weight excluding hydrogens is 395 g/mol. The van der Waals surface area contributed by atoms with Crippen LogP contribution < -0.4 is 5.32 Å². The van der Waals surface area contributed by atoms with Crippen LogP contribution in [0.3, 0.4) is 0 Å². The molecule has 1 aliphatic rings. The topological polar surface area (TPSA) is 78.0 Å². The molecule has 0 bridgehead atoms. The van der Waals surface area contributed by atoms with Gasteiger partial charge < -0.3 is 10.4 Å². The number of aliphatic hydroxyl groups is 1. The number of amides is 1. The number of aliphatic hydroxyl groups excluding tert-OH is 1. The van der Waals surface area contributed by atoms with Crippen molar-refractivity contribution in [3.05, 3.63) is 40.5 Å². The number of alkyl halides is 3. The van der Waals surface area contributed by atoms with E-state index in [-0.39, 0.29) is 22.2 Å². The van der Waals surface area contributed by atoms with E-state index in [9.17, 15) is 23.1 Å². The lowest BCUT2D eigenvalue weighted by Crippen LogP contribution is -2.40. The van der Waals surface area contributed by atoms with Gasteiger partial charge in [0.05, 0.1) is 16.3 Å². The van der Waals surface area contributed by atoms with Crippen molar-refractivity contribution < 1.29 is 23.1 Å². The van der Waals surface area contributed by atoms with E-state index < -0.39 is 24.0 Å². The van der Waals surface area contributed by atoms with Crippen molar-refractivity contribution in [2.45, 2.75) is 50.9 Å². The number of carbonyl (C=O) groups excluding carboxylic acids is 1. The lowest BCUT2D eigenvalue weighted by molar-refractivity contribution is -0.141. The SMILES string of the molecule is O=C(NC(O)C1CCCCCC1)c1cc(-c2cc(C(F)(F)F)[nH]n2)ccc1Cl. The zero-order chi connectivity index (χ0) is 20.3. The third-order valence-corrected chi connectivity index (χ3v) is 5.34. The fourth-order valence-electron chi connectivity index (χ4n) is 3.43. The number of aromatic amines is 1. The van der Waals surface area contributed by atoms with Crippen molar-refractivity contribution in [3.63, 3.8) is 0 Å². The molecule has 9 heteroatoms. The molecule has 0 radical (unpaired) electrons. The zero-order valence-electron chi connectivity index (χ0n) is 15.0.